The van der Waals surface area contributed by atoms with Crippen LogP contribution in [-0.4, -0.2) is 42.8 Å². The lowest BCUT2D eigenvalue weighted by Gasteiger charge is -2.19. The van der Waals surface area contributed by atoms with Gasteiger partial charge in [-0.2, -0.15) is 0 Å². The van der Waals surface area contributed by atoms with Gasteiger partial charge in [0.05, 0.1) is 6.61 Å². The molecule has 0 aromatic heterocycles. The number of hydrogen-bond acceptors (Lipinski definition) is 4. The molecular formula is C16H24BrN3O4. The van der Waals surface area contributed by atoms with Crippen molar-refractivity contribution in [2.24, 2.45) is 0 Å². The molecular weight excluding hydrogens is 378 g/mol. The second kappa shape index (κ2) is 10.0. The second-order valence-electron chi connectivity index (χ2n) is 5.87. The number of halogens is 1. The number of carbonyl (C=O) groups excluding carboxylic acids is 2. The van der Waals surface area contributed by atoms with Crippen LogP contribution in [0.3, 0.4) is 0 Å². The summed E-state index contributed by atoms with van der Waals surface area (Å²) in [5.41, 5.74) is 0.109. The molecule has 0 heterocycles. The fourth-order valence-electron chi connectivity index (χ4n) is 1.62. The van der Waals surface area contributed by atoms with Crippen molar-refractivity contribution in [1.82, 2.24) is 10.6 Å². The molecule has 3 amide bonds. The third-order valence-electron chi connectivity index (χ3n) is 2.54. The van der Waals surface area contributed by atoms with Crippen LogP contribution in [-0.2, 0) is 4.74 Å². The fraction of sp³-hybridized carbons (Fsp3) is 0.500. The van der Waals surface area contributed by atoms with Gasteiger partial charge in [-0.1, -0.05) is 15.9 Å². The number of amides is 3. The molecule has 0 bridgehead atoms. The van der Waals surface area contributed by atoms with Crippen LogP contribution in [0, 0.1) is 0 Å². The van der Waals surface area contributed by atoms with Crippen molar-refractivity contribution in [3.8, 4) is 5.75 Å². The highest BCUT2D eigenvalue weighted by molar-refractivity contribution is 9.09. The van der Waals surface area contributed by atoms with E-state index >= 15 is 0 Å². The molecule has 134 valence electrons. The first-order valence-corrected chi connectivity index (χ1v) is 8.73. The van der Waals surface area contributed by atoms with Gasteiger partial charge in [0.15, 0.2) is 0 Å². The summed E-state index contributed by atoms with van der Waals surface area (Å²) in [5.74, 6) is 0.738. The number of hydrogen-bond donors (Lipinski definition) is 3. The average molecular weight is 402 g/mol. The Morgan fingerprint density at radius 2 is 1.71 bits per heavy atom. The van der Waals surface area contributed by atoms with E-state index in [1.165, 1.54) is 0 Å². The summed E-state index contributed by atoms with van der Waals surface area (Å²) >= 11 is 3.28. The number of rotatable bonds is 7. The molecule has 1 aromatic carbocycles. The van der Waals surface area contributed by atoms with Crippen LogP contribution in [0.1, 0.15) is 20.8 Å². The molecule has 7 nitrogen and oxygen atoms in total. The number of nitrogens with one attached hydrogen (secondary N) is 3. The van der Waals surface area contributed by atoms with Gasteiger partial charge in [-0.3, -0.25) is 0 Å². The Labute approximate surface area is 150 Å². The Kier molecular flexibility index (Phi) is 8.39. The van der Waals surface area contributed by atoms with E-state index in [2.05, 4.69) is 31.9 Å². The molecule has 0 aliphatic carbocycles. The lowest BCUT2D eigenvalue weighted by molar-refractivity contribution is 0.0528. The molecule has 0 aliphatic heterocycles. The van der Waals surface area contributed by atoms with E-state index in [1.807, 2.05) is 0 Å². The molecule has 0 spiro atoms. The van der Waals surface area contributed by atoms with Crippen LogP contribution < -0.4 is 20.7 Å². The van der Waals surface area contributed by atoms with Gasteiger partial charge >= 0.3 is 12.1 Å². The molecule has 0 fully saturated rings. The summed E-state index contributed by atoms with van der Waals surface area (Å²) < 4.78 is 10.5. The van der Waals surface area contributed by atoms with Crippen LogP contribution in [0.25, 0.3) is 0 Å². The predicted octanol–water partition coefficient (Wildman–Crippen LogP) is 3.11. The highest BCUT2D eigenvalue weighted by atomic mass is 79.9. The van der Waals surface area contributed by atoms with Crippen LogP contribution in [0.2, 0.25) is 0 Å². The largest absolute Gasteiger partial charge is 0.493 e. The first-order valence-electron chi connectivity index (χ1n) is 7.61. The minimum absolute atomic E-state index is 0.279. The highest BCUT2D eigenvalue weighted by Crippen LogP contribution is 2.15. The van der Waals surface area contributed by atoms with Gasteiger partial charge in [0.2, 0.25) is 0 Å². The average Bonchev–Trinajstić information content (AvgIpc) is 2.49. The van der Waals surface area contributed by atoms with Crippen molar-refractivity contribution in [3.63, 3.8) is 0 Å². The number of anilines is 1. The Morgan fingerprint density at radius 1 is 1.08 bits per heavy atom. The maximum atomic E-state index is 11.7. The van der Waals surface area contributed by atoms with Crippen molar-refractivity contribution in [1.29, 1.82) is 0 Å². The van der Waals surface area contributed by atoms with Crippen molar-refractivity contribution >= 4 is 33.7 Å². The summed E-state index contributed by atoms with van der Waals surface area (Å²) in [5, 5.41) is 8.65. The summed E-state index contributed by atoms with van der Waals surface area (Å²) in [6, 6.07) is 6.71. The molecule has 3 N–H and O–H groups in total. The zero-order valence-corrected chi connectivity index (χ0v) is 15.7. The summed E-state index contributed by atoms with van der Waals surface area (Å²) in [6.07, 6.45) is -0.510. The molecule has 0 aliphatic rings. The van der Waals surface area contributed by atoms with Crippen molar-refractivity contribution in [3.05, 3.63) is 24.3 Å². The Morgan fingerprint density at radius 3 is 2.29 bits per heavy atom. The summed E-state index contributed by atoms with van der Waals surface area (Å²) in [7, 11) is 0. The van der Waals surface area contributed by atoms with Crippen molar-refractivity contribution in [2.45, 2.75) is 26.4 Å². The van der Waals surface area contributed by atoms with Crippen LogP contribution in [0.4, 0.5) is 15.3 Å². The second-order valence-corrected chi connectivity index (χ2v) is 6.66. The van der Waals surface area contributed by atoms with E-state index in [0.29, 0.717) is 12.3 Å². The number of carbonyl (C=O) groups is 2. The van der Waals surface area contributed by atoms with E-state index < -0.39 is 11.7 Å². The lowest BCUT2D eigenvalue weighted by atomic mass is 10.2. The van der Waals surface area contributed by atoms with Crippen molar-refractivity contribution in [2.75, 3.05) is 30.3 Å². The molecule has 1 rings (SSSR count). The number of urea groups is 1. The van der Waals surface area contributed by atoms with Gasteiger partial charge in [0.1, 0.15) is 11.4 Å². The maximum Gasteiger partial charge on any atom is 0.407 e. The van der Waals surface area contributed by atoms with Crippen molar-refractivity contribution < 1.29 is 19.1 Å². The van der Waals surface area contributed by atoms with Gasteiger partial charge in [0.25, 0.3) is 0 Å². The molecule has 8 heteroatoms. The zero-order chi connectivity index (χ0) is 18.0. The van der Waals surface area contributed by atoms with Crippen LogP contribution in [0.15, 0.2) is 24.3 Å². The first-order chi connectivity index (χ1) is 11.3. The SMILES string of the molecule is CC(C)(C)OC(=O)NCCNC(=O)Nc1ccc(OCCBr)cc1. The van der Waals surface area contributed by atoms with Gasteiger partial charge in [-0.15, -0.1) is 0 Å². The van der Waals surface area contributed by atoms with E-state index in [0.717, 1.165) is 11.1 Å². The maximum absolute atomic E-state index is 11.7. The number of benzene rings is 1. The highest BCUT2D eigenvalue weighted by Gasteiger charge is 2.15. The molecule has 0 saturated carbocycles. The summed E-state index contributed by atoms with van der Waals surface area (Å²) in [6.45, 7) is 6.51. The minimum atomic E-state index is -0.542. The zero-order valence-electron chi connectivity index (χ0n) is 14.1. The third kappa shape index (κ3) is 9.24. The number of alkyl carbamates (subject to hydrolysis) is 1. The Balaban J connectivity index is 2.23. The van der Waals surface area contributed by atoms with Crippen LogP contribution in [0.5, 0.6) is 5.75 Å². The topological polar surface area (TPSA) is 88.7 Å². The van der Waals surface area contributed by atoms with Crippen LogP contribution >= 0.6 is 15.9 Å². The van der Waals surface area contributed by atoms with Gasteiger partial charge in [-0.05, 0) is 45.0 Å². The standard InChI is InChI=1S/C16H24BrN3O4/c1-16(2,3)24-15(22)19-10-9-18-14(21)20-12-4-6-13(7-5-12)23-11-8-17/h4-7H,8-11H2,1-3H3,(H,19,22)(H2,18,20,21). The number of alkyl halides is 1. The minimum Gasteiger partial charge on any atom is -0.493 e. The normalized spacial score (nSPS) is 10.7. The summed E-state index contributed by atoms with van der Waals surface area (Å²) in [4.78, 5) is 23.2. The Bertz CT molecular complexity index is 529. The van der Waals surface area contributed by atoms with Gasteiger partial charge in [-0.25, -0.2) is 9.59 Å². The number of ether oxygens (including phenoxy) is 2. The van der Waals surface area contributed by atoms with E-state index in [9.17, 15) is 9.59 Å². The van der Waals surface area contributed by atoms with Gasteiger partial charge < -0.3 is 25.4 Å². The fourth-order valence-corrected chi connectivity index (χ4v) is 1.78. The Hall–Kier alpha value is -1.96. The smallest absolute Gasteiger partial charge is 0.407 e. The van der Waals surface area contributed by atoms with E-state index in [1.54, 1.807) is 45.0 Å². The molecule has 1 aromatic rings. The monoisotopic (exact) mass is 401 g/mol. The first kappa shape index (κ1) is 20.1. The lowest BCUT2D eigenvalue weighted by Crippen LogP contribution is -2.39. The van der Waals surface area contributed by atoms with E-state index in [-0.39, 0.29) is 19.1 Å². The van der Waals surface area contributed by atoms with Gasteiger partial charge in [0, 0.05) is 24.1 Å². The molecule has 0 unspecified atom stereocenters. The molecule has 0 radical (unpaired) electrons. The molecule has 24 heavy (non-hydrogen) atoms. The molecule has 0 atom stereocenters. The molecule has 0 saturated heterocycles. The third-order valence-corrected chi connectivity index (χ3v) is 2.86. The van der Waals surface area contributed by atoms with E-state index in [4.69, 9.17) is 9.47 Å². The predicted molar refractivity (Wildman–Crippen MR) is 97.0 cm³/mol. The quantitative estimate of drug-likeness (QED) is 0.483.